The minimum Gasteiger partial charge on any atom is -0.315 e. The van der Waals surface area contributed by atoms with E-state index in [0.717, 1.165) is 18.7 Å². The SMILES string of the molecule is CN(C1CCNC1)S(=O)(=O)c1ccc([N+](=O)[O-])c(F)c1. The molecule has 1 atom stereocenters. The van der Waals surface area contributed by atoms with Gasteiger partial charge in [-0.05, 0) is 19.0 Å². The van der Waals surface area contributed by atoms with Crippen molar-refractivity contribution >= 4 is 15.7 Å². The summed E-state index contributed by atoms with van der Waals surface area (Å²) in [5.74, 6) is -1.16. The number of benzene rings is 1. The number of nitrogens with one attached hydrogen (secondary N) is 1. The van der Waals surface area contributed by atoms with Gasteiger partial charge in [0.2, 0.25) is 15.8 Å². The van der Waals surface area contributed by atoms with Crippen molar-refractivity contribution in [1.82, 2.24) is 9.62 Å². The molecule has 7 nitrogen and oxygen atoms in total. The first kappa shape index (κ1) is 14.8. The largest absolute Gasteiger partial charge is 0.315 e. The number of hydrogen-bond acceptors (Lipinski definition) is 5. The van der Waals surface area contributed by atoms with Crippen molar-refractivity contribution in [3.05, 3.63) is 34.1 Å². The maximum atomic E-state index is 13.5. The standard InChI is InChI=1S/C11H14FN3O4S/c1-14(8-4-5-13-7-8)20(18,19)9-2-3-11(15(16)17)10(12)6-9/h2-3,6,8,13H,4-5,7H2,1H3. The summed E-state index contributed by atoms with van der Waals surface area (Å²) in [6, 6.07) is 2.41. The van der Waals surface area contributed by atoms with Crippen LogP contribution in [0.1, 0.15) is 6.42 Å². The van der Waals surface area contributed by atoms with Gasteiger partial charge in [0.05, 0.1) is 9.82 Å². The van der Waals surface area contributed by atoms with Crippen LogP contribution in [-0.2, 0) is 10.0 Å². The number of likely N-dealkylation sites (N-methyl/N-ethyl adjacent to an activating group) is 1. The summed E-state index contributed by atoms with van der Waals surface area (Å²) in [5, 5.41) is 13.6. The molecule has 1 aliphatic heterocycles. The first-order valence-electron chi connectivity index (χ1n) is 5.96. The summed E-state index contributed by atoms with van der Waals surface area (Å²) in [4.78, 5) is 9.35. The predicted octanol–water partition coefficient (Wildman–Crippen LogP) is 0.716. The number of halogens is 1. The van der Waals surface area contributed by atoms with Crippen LogP contribution in [0.5, 0.6) is 0 Å². The Morgan fingerprint density at radius 1 is 1.50 bits per heavy atom. The highest BCUT2D eigenvalue weighted by atomic mass is 32.2. The van der Waals surface area contributed by atoms with Crippen LogP contribution in [-0.4, -0.2) is 43.8 Å². The summed E-state index contributed by atoms with van der Waals surface area (Å²) in [6.07, 6.45) is 0.672. The van der Waals surface area contributed by atoms with Gasteiger partial charge in [0, 0.05) is 31.8 Å². The van der Waals surface area contributed by atoms with Crippen LogP contribution in [0.15, 0.2) is 23.1 Å². The van der Waals surface area contributed by atoms with Crippen molar-refractivity contribution < 1.29 is 17.7 Å². The third-order valence-corrected chi connectivity index (χ3v) is 5.25. The van der Waals surface area contributed by atoms with E-state index in [9.17, 15) is 22.9 Å². The molecule has 1 saturated heterocycles. The molecule has 1 unspecified atom stereocenters. The van der Waals surface area contributed by atoms with Crippen LogP contribution in [0.4, 0.5) is 10.1 Å². The van der Waals surface area contributed by atoms with Gasteiger partial charge in [-0.15, -0.1) is 0 Å². The normalized spacial score (nSPS) is 19.4. The number of nitro benzene ring substituents is 1. The number of nitro groups is 1. The second-order valence-corrected chi connectivity index (χ2v) is 6.54. The van der Waals surface area contributed by atoms with Gasteiger partial charge in [-0.25, -0.2) is 8.42 Å². The maximum absolute atomic E-state index is 13.5. The van der Waals surface area contributed by atoms with Gasteiger partial charge >= 0.3 is 5.69 Å². The average Bonchev–Trinajstić information content (AvgIpc) is 2.90. The van der Waals surface area contributed by atoms with Gasteiger partial charge in [-0.3, -0.25) is 10.1 Å². The number of nitrogens with zero attached hydrogens (tertiary/aromatic N) is 2. The topological polar surface area (TPSA) is 92.6 Å². The van der Waals surface area contributed by atoms with Gasteiger partial charge in [-0.1, -0.05) is 0 Å². The van der Waals surface area contributed by atoms with Crippen LogP contribution in [0.3, 0.4) is 0 Å². The lowest BCUT2D eigenvalue weighted by molar-refractivity contribution is -0.387. The van der Waals surface area contributed by atoms with Crippen molar-refractivity contribution in [1.29, 1.82) is 0 Å². The molecule has 20 heavy (non-hydrogen) atoms. The first-order valence-corrected chi connectivity index (χ1v) is 7.40. The molecule has 2 rings (SSSR count). The lowest BCUT2D eigenvalue weighted by atomic mass is 10.3. The van der Waals surface area contributed by atoms with Crippen LogP contribution < -0.4 is 5.32 Å². The lowest BCUT2D eigenvalue weighted by Crippen LogP contribution is -2.38. The second-order valence-electron chi connectivity index (χ2n) is 4.54. The van der Waals surface area contributed by atoms with Gasteiger partial charge in [0.25, 0.3) is 0 Å². The Labute approximate surface area is 115 Å². The van der Waals surface area contributed by atoms with Crippen molar-refractivity contribution in [3.63, 3.8) is 0 Å². The molecule has 0 aromatic heterocycles. The summed E-state index contributed by atoms with van der Waals surface area (Å²) in [7, 11) is -2.43. The highest BCUT2D eigenvalue weighted by molar-refractivity contribution is 7.89. The number of hydrogen-bond donors (Lipinski definition) is 1. The molecule has 9 heteroatoms. The molecule has 1 heterocycles. The molecule has 0 spiro atoms. The van der Waals surface area contributed by atoms with Crippen molar-refractivity contribution in [3.8, 4) is 0 Å². The van der Waals surface area contributed by atoms with Gasteiger partial charge < -0.3 is 5.32 Å². The van der Waals surface area contributed by atoms with E-state index < -0.39 is 26.5 Å². The average molecular weight is 303 g/mol. The molecule has 110 valence electrons. The molecule has 0 saturated carbocycles. The Balaban J connectivity index is 2.34. The molecule has 0 amide bonds. The fourth-order valence-electron chi connectivity index (χ4n) is 2.11. The van der Waals surface area contributed by atoms with Crippen LogP contribution in [0.25, 0.3) is 0 Å². The Bertz CT molecular complexity index is 629. The minimum atomic E-state index is -3.86. The Morgan fingerprint density at radius 2 is 2.20 bits per heavy atom. The highest BCUT2D eigenvalue weighted by Gasteiger charge is 2.31. The zero-order chi connectivity index (χ0) is 14.9. The van der Waals surface area contributed by atoms with Crippen molar-refractivity contribution in [2.75, 3.05) is 20.1 Å². The van der Waals surface area contributed by atoms with E-state index in [4.69, 9.17) is 0 Å². The smallest absolute Gasteiger partial charge is 0.304 e. The Kier molecular flexibility index (Phi) is 4.02. The minimum absolute atomic E-state index is 0.196. The first-order chi connectivity index (χ1) is 9.34. The van der Waals surface area contributed by atoms with E-state index >= 15 is 0 Å². The molecule has 0 radical (unpaired) electrons. The monoisotopic (exact) mass is 303 g/mol. The number of sulfonamides is 1. The number of rotatable bonds is 4. The molecule has 1 N–H and O–H groups in total. The molecular formula is C11H14FN3O4S. The predicted molar refractivity (Wildman–Crippen MR) is 69.3 cm³/mol. The zero-order valence-corrected chi connectivity index (χ0v) is 11.6. The van der Waals surface area contributed by atoms with E-state index in [2.05, 4.69) is 5.32 Å². The van der Waals surface area contributed by atoms with Crippen molar-refractivity contribution in [2.24, 2.45) is 0 Å². The molecule has 1 fully saturated rings. The molecule has 1 aliphatic rings. The third-order valence-electron chi connectivity index (χ3n) is 3.34. The van der Waals surface area contributed by atoms with Crippen molar-refractivity contribution in [2.45, 2.75) is 17.4 Å². The molecule has 1 aromatic carbocycles. The van der Waals surface area contributed by atoms with E-state index in [1.54, 1.807) is 0 Å². The van der Waals surface area contributed by atoms with Crippen LogP contribution in [0.2, 0.25) is 0 Å². The summed E-state index contributed by atoms with van der Waals surface area (Å²) in [6.45, 7) is 1.25. The summed E-state index contributed by atoms with van der Waals surface area (Å²) >= 11 is 0. The van der Waals surface area contributed by atoms with Gasteiger partial charge in [0.1, 0.15) is 0 Å². The van der Waals surface area contributed by atoms with Crippen LogP contribution in [0, 0.1) is 15.9 Å². The van der Waals surface area contributed by atoms with E-state index in [-0.39, 0.29) is 10.9 Å². The summed E-state index contributed by atoms with van der Waals surface area (Å²) < 4.78 is 39.3. The quantitative estimate of drug-likeness (QED) is 0.653. The van der Waals surface area contributed by atoms with Gasteiger partial charge in [-0.2, -0.15) is 8.70 Å². The maximum Gasteiger partial charge on any atom is 0.304 e. The third kappa shape index (κ3) is 2.65. The Morgan fingerprint density at radius 3 is 2.70 bits per heavy atom. The van der Waals surface area contributed by atoms with E-state index in [1.165, 1.54) is 11.4 Å². The van der Waals surface area contributed by atoms with E-state index in [0.29, 0.717) is 19.0 Å². The van der Waals surface area contributed by atoms with E-state index in [1.807, 2.05) is 0 Å². The fraction of sp³-hybridized carbons (Fsp3) is 0.455. The molecule has 0 bridgehead atoms. The second kappa shape index (κ2) is 5.43. The molecule has 1 aromatic rings. The summed E-state index contributed by atoms with van der Waals surface area (Å²) in [5.41, 5.74) is -0.742. The molecule has 0 aliphatic carbocycles. The van der Waals surface area contributed by atoms with Gasteiger partial charge in [0.15, 0.2) is 0 Å². The Hall–Kier alpha value is -1.58. The fourth-order valence-corrected chi connectivity index (χ4v) is 3.51. The zero-order valence-electron chi connectivity index (χ0n) is 10.7. The molecular weight excluding hydrogens is 289 g/mol. The van der Waals surface area contributed by atoms with Crippen LogP contribution >= 0.6 is 0 Å². The highest BCUT2D eigenvalue weighted by Crippen LogP contribution is 2.24. The lowest BCUT2D eigenvalue weighted by Gasteiger charge is -2.23.